The summed E-state index contributed by atoms with van der Waals surface area (Å²) in [5, 5.41) is 8.42. The predicted octanol–water partition coefficient (Wildman–Crippen LogP) is 7.72. The monoisotopic (exact) mass is 481 g/mol. The minimum atomic E-state index is 0.795. The number of hydrogen-bond donors (Lipinski definition) is 0. The van der Waals surface area contributed by atoms with Gasteiger partial charge in [0.15, 0.2) is 0 Å². The summed E-state index contributed by atoms with van der Waals surface area (Å²) in [6.45, 7) is 3.06. The maximum absolute atomic E-state index is 5.88. The molecule has 0 spiro atoms. The molecule has 0 aliphatic carbocycles. The van der Waals surface area contributed by atoms with Crippen molar-refractivity contribution in [3.05, 3.63) is 70.5 Å². The van der Waals surface area contributed by atoms with Gasteiger partial charge in [0.1, 0.15) is 11.4 Å². The number of ether oxygens (including phenoxy) is 1. The zero-order valence-electron chi connectivity index (χ0n) is 18.3. The van der Waals surface area contributed by atoms with E-state index in [4.69, 9.17) is 4.74 Å². The van der Waals surface area contributed by atoms with Crippen LogP contribution in [0.2, 0.25) is 0 Å². The molecule has 0 amide bonds. The molecule has 2 aromatic carbocycles. The molecule has 3 rings (SSSR count). The van der Waals surface area contributed by atoms with E-state index in [9.17, 15) is 0 Å². The van der Waals surface area contributed by atoms with Crippen LogP contribution in [0.3, 0.4) is 0 Å². The van der Waals surface area contributed by atoms with Crippen LogP contribution >= 0.6 is 15.9 Å². The average molecular weight is 482 g/mol. The SMILES string of the molecule is CCCCCCCCCCOc1ccc(/C=C\c2cn(-c3ccc(Br)cc3)nn2)cc1. The smallest absolute Gasteiger partial charge is 0.119 e. The summed E-state index contributed by atoms with van der Waals surface area (Å²) >= 11 is 3.45. The van der Waals surface area contributed by atoms with E-state index in [0.29, 0.717) is 0 Å². The molecule has 5 heteroatoms. The molecule has 0 atom stereocenters. The van der Waals surface area contributed by atoms with Crippen molar-refractivity contribution in [3.8, 4) is 11.4 Å². The highest BCUT2D eigenvalue weighted by Gasteiger charge is 2.01. The summed E-state index contributed by atoms with van der Waals surface area (Å²) in [6.07, 6.45) is 16.5. The second-order valence-corrected chi connectivity index (χ2v) is 8.71. The Hall–Kier alpha value is -2.40. The molecule has 0 N–H and O–H groups in total. The van der Waals surface area contributed by atoms with Crippen LogP contribution in [0.4, 0.5) is 0 Å². The zero-order chi connectivity index (χ0) is 21.7. The third-order valence-corrected chi connectivity index (χ3v) is 5.72. The third-order valence-electron chi connectivity index (χ3n) is 5.20. The van der Waals surface area contributed by atoms with E-state index in [-0.39, 0.29) is 0 Å². The Balaban J connectivity index is 1.38. The van der Waals surface area contributed by atoms with Crippen LogP contribution in [0.5, 0.6) is 5.75 Å². The maximum atomic E-state index is 5.88. The fourth-order valence-electron chi connectivity index (χ4n) is 3.36. The molecule has 0 aliphatic rings. The van der Waals surface area contributed by atoms with Gasteiger partial charge in [-0.1, -0.05) is 91.2 Å². The second kappa shape index (κ2) is 13.1. The fraction of sp³-hybridized carbons (Fsp3) is 0.385. The number of rotatable bonds is 13. The largest absolute Gasteiger partial charge is 0.494 e. The number of nitrogens with zero attached hydrogens (tertiary/aromatic N) is 3. The molecule has 0 bridgehead atoms. The summed E-state index contributed by atoms with van der Waals surface area (Å²) in [5.74, 6) is 0.932. The summed E-state index contributed by atoms with van der Waals surface area (Å²) in [6, 6.07) is 16.2. The highest BCUT2D eigenvalue weighted by atomic mass is 79.9. The highest BCUT2D eigenvalue weighted by Crippen LogP contribution is 2.17. The quantitative estimate of drug-likeness (QED) is 0.234. The molecule has 0 aliphatic heterocycles. The first kappa shape index (κ1) is 23.3. The van der Waals surface area contributed by atoms with E-state index in [2.05, 4.69) is 45.3 Å². The van der Waals surface area contributed by atoms with Crippen LogP contribution in [-0.2, 0) is 0 Å². The normalized spacial score (nSPS) is 11.3. The van der Waals surface area contributed by atoms with E-state index in [1.807, 2.05) is 54.7 Å². The van der Waals surface area contributed by atoms with E-state index in [0.717, 1.165) is 40.2 Å². The minimum absolute atomic E-state index is 0.795. The van der Waals surface area contributed by atoms with E-state index in [1.165, 1.54) is 44.9 Å². The summed E-state index contributed by atoms with van der Waals surface area (Å²) < 4.78 is 8.69. The Labute approximate surface area is 194 Å². The lowest BCUT2D eigenvalue weighted by molar-refractivity contribution is 0.304. The molecule has 0 saturated heterocycles. The average Bonchev–Trinajstić information content (AvgIpc) is 3.27. The summed E-state index contributed by atoms with van der Waals surface area (Å²) in [7, 11) is 0. The number of unbranched alkanes of at least 4 members (excludes halogenated alkanes) is 7. The van der Waals surface area contributed by atoms with Gasteiger partial charge in [-0.25, -0.2) is 4.68 Å². The van der Waals surface area contributed by atoms with Crippen LogP contribution < -0.4 is 4.74 Å². The molecule has 1 heterocycles. The molecule has 31 heavy (non-hydrogen) atoms. The molecule has 0 unspecified atom stereocenters. The lowest BCUT2D eigenvalue weighted by Gasteiger charge is -2.06. The van der Waals surface area contributed by atoms with Gasteiger partial charge >= 0.3 is 0 Å². The van der Waals surface area contributed by atoms with Crippen LogP contribution in [0.15, 0.2) is 59.2 Å². The molecule has 3 aromatic rings. The van der Waals surface area contributed by atoms with Crippen molar-refractivity contribution in [2.75, 3.05) is 6.61 Å². The molecule has 164 valence electrons. The van der Waals surface area contributed by atoms with Crippen molar-refractivity contribution in [2.45, 2.75) is 58.3 Å². The number of halogens is 1. The van der Waals surface area contributed by atoms with Gasteiger partial charge in [0.2, 0.25) is 0 Å². The molecule has 4 nitrogen and oxygen atoms in total. The van der Waals surface area contributed by atoms with Gasteiger partial charge in [-0.2, -0.15) is 0 Å². The first-order chi connectivity index (χ1) is 15.2. The first-order valence-corrected chi connectivity index (χ1v) is 12.1. The van der Waals surface area contributed by atoms with E-state index in [1.54, 1.807) is 4.68 Å². The Morgan fingerprint density at radius 2 is 1.52 bits per heavy atom. The van der Waals surface area contributed by atoms with Crippen LogP contribution in [0.25, 0.3) is 17.8 Å². The third kappa shape index (κ3) is 8.33. The number of hydrogen-bond acceptors (Lipinski definition) is 3. The Morgan fingerprint density at radius 1 is 0.839 bits per heavy atom. The first-order valence-electron chi connectivity index (χ1n) is 11.3. The summed E-state index contributed by atoms with van der Waals surface area (Å²) in [5.41, 5.74) is 2.91. The zero-order valence-corrected chi connectivity index (χ0v) is 19.9. The lowest BCUT2D eigenvalue weighted by Crippen LogP contribution is -1.97. The van der Waals surface area contributed by atoms with Crippen molar-refractivity contribution in [1.82, 2.24) is 15.0 Å². The van der Waals surface area contributed by atoms with Gasteiger partial charge in [-0.15, -0.1) is 5.10 Å². The van der Waals surface area contributed by atoms with Crippen molar-refractivity contribution in [1.29, 1.82) is 0 Å². The van der Waals surface area contributed by atoms with Crippen molar-refractivity contribution in [2.24, 2.45) is 0 Å². The van der Waals surface area contributed by atoms with Crippen LogP contribution in [0, 0.1) is 0 Å². The Kier molecular flexibility index (Phi) is 9.84. The second-order valence-electron chi connectivity index (χ2n) is 7.79. The molecular formula is C26H32BrN3O. The van der Waals surface area contributed by atoms with E-state index >= 15 is 0 Å². The molecule has 0 radical (unpaired) electrons. The van der Waals surface area contributed by atoms with Gasteiger partial charge in [0, 0.05) is 4.47 Å². The standard InChI is InChI=1S/C26H32BrN3O/c1-2-3-4-5-6-7-8-9-20-31-26-18-11-22(12-19-26)10-15-24-21-30(29-28-24)25-16-13-23(27)14-17-25/h10-19,21H,2-9,20H2,1H3/b15-10-. The number of aromatic nitrogens is 3. The van der Waals surface area contributed by atoms with Gasteiger partial charge in [-0.05, 0) is 54.5 Å². The Bertz CT molecular complexity index is 917. The topological polar surface area (TPSA) is 39.9 Å². The Morgan fingerprint density at radius 3 is 2.23 bits per heavy atom. The predicted molar refractivity (Wildman–Crippen MR) is 133 cm³/mol. The van der Waals surface area contributed by atoms with Crippen molar-refractivity contribution >= 4 is 28.1 Å². The lowest BCUT2D eigenvalue weighted by atomic mass is 10.1. The molecule has 0 saturated carbocycles. The minimum Gasteiger partial charge on any atom is -0.494 e. The van der Waals surface area contributed by atoms with E-state index < -0.39 is 0 Å². The highest BCUT2D eigenvalue weighted by molar-refractivity contribution is 9.10. The molecule has 0 fully saturated rings. The van der Waals surface area contributed by atoms with Crippen molar-refractivity contribution in [3.63, 3.8) is 0 Å². The fourth-order valence-corrected chi connectivity index (χ4v) is 3.62. The van der Waals surface area contributed by atoms with Crippen molar-refractivity contribution < 1.29 is 4.74 Å². The number of benzene rings is 2. The maximum Gasteiger partial charge on any atom is 0.119 e. The van der Waals surface area contributed by atoms with Gasteiger partial charge < -0.3 is 4.74 Å². The molecular weight excluding hydrogens is 450 g/mol. The van der Waals surface area contributed by atoms with Crippen LogP contribution in [-0.4, -0.2) is 21.6 Å². The van der Waals surface area contributed by atoms with Gasteiger partial charge in [0.25, 0.3) is 0 Å². The van der Waals surface area contributed by atoms with Crippen LogP contribution in [0.1, 0.15) is 69.5 Å². The summed E-state index contributed by atoms with van der Waals surface area (Å²) in [4.78, 5) is 0. The van der Waals surface area contributed by atoms with Gasteiger partial charge in [0.05, 0.1) is 18.5 Å². The molecule has 1 aromatic heterocycles. The van der Waals surface area contributed by atoms with Gasteiger partial charge in [-0.3, -0.25) is 0 Å².